The highest BCUT2D eigenvalue weighted by molar-refractivity contribution is 5.73. The van der Waals surface area contributed by atoms with Gasteiger partial charge in [-0.25, -0.2) is 15.0 Å². The summed E-state index contributed by atoms with van der Waals surface area (Å²) in [5.74, 6) is 0.957. The van der Waals surface area contributed by atoms with E-state index in [1.165, 1.54) is 17.5 Å². The molecular formula is C27H27N7O2. The van der Waals surface area contributed by atoms with Crippen LogP contribution in [0.4, 0.5) is 23.1 Å². The van der Waals surface area contributed by atoms with Crippen molar-refractivity contribution in [1.82, 2.24) is 19.9 Å². The molecule has 3 heterocycles. The van der Waals surface area contributed by atoms with Crippen LogP contribution in [0.5, 0.6) is 0 Å². The van der Waals surface area contributed by atoms with Crippen molar-refractivity contribution in [2.24, 2.45) is 0 Å². The molecule has 0 bridgehead atoms. The van der Waals surface area contributed by atoms with E-state index in [0.29, 0.717) is 24.7 Å². The number of aryl methyl sites for hydroxylation is 1. The highest BCUT2D eigenvalue weighted by Gasteiger charge is 2.32. The molecule has 1 fully saturated rings. The molecule has 0 saturated carbocycles. The van der Waals surface area contributed by atoms with Crippen molar-refractivity contribution >= 4 is 23.1 Å². The molecule has 9 nitrogen and oxygen atoms in total. The van der Waals surface area contributed by atoms with E-state index in [4.69, 9.17) is 0 Å². The Morgan fingerprint density at radius 2 is 1.53 bits per heavy atom. The van der Waals surface area contributed by atoms with E-state index in [1.54, 1.807) is 6.20 Å². The fourth-order valence-electron chi connectivity index (χ4n) is 4.66. The summed E-state index contributed by atoms with van der Waals surface area (Å²) in [6.07, 6.45) is 3.02. The maximum absolute atomic E-state index is 12.1. The highest BCUT2D eigenvalue weighted by Crippen LogP contribution is 2.35. The van der Waals surface area contributed by atoms with E-state index in [0.717, 1.165) is 18.7 Å². The van der Waals surface area contributed by atoms with Gasteiger partial charge in [0.05, 0.1) is 11.0 Å². The van der Waals surface area contributed by atoms with Crippen molar-refractivity contribution in [3.8, 4) is 0 Å². The zero-order chi connectivity index (χ0) is 24.9. The van der Waals surface area contributed by atoms with Crippen molar-refractivity contribution in [2.45, 2.75) is 13.0 Å². The molecule has 0 aliphatic carbocycles. The molecule has 0 spiro atoms. The first-order chi connectivity index (χ1) is 17.6. The molecule has 0 atom stereocenters. The summed E-state index contributed by atoms with van der Waals surface area (Å²) in [5.41, 5.74) is 3.30. The summed E-state index contributed by atoms with van der Waals surface area (Å²) in [6, 6.07) is 24.7. The van der Waals surface area contributed by atoms with Gasteiger partial charge in [0, 0.05) is 32.4 Å². The van der Waals surface area contributed by atoms with Crippen LogP contribution in [0.15, 0.2) is 85.3 Å². The fraction of sp³-hybridized carbons (Fsp3) is 0.222. The minimum absolute atomic E-state index is 0.111. The van der Waals surface area contributed by atoms with Crippen molar-refractivity contribution in [3.05, 3.63) is 112 Å². The summed E-state index contributed by atoms with van der Waals surface area (Å²) in [5, 5.41) is 15.1. The second-order valence-corrected chi connectivity index (χ2v) is 8.74. The number of anilines is 3. The maximum Gasteiger partial charge on any atom is 0.353 e. The average Bonchev–Trinajstić information content (AvgIpc) is 2.90. The van der Waals surface area contributed by atoms with Gasteiger partial charge in [0.15, 0.2) is 0 Å². The van der Waals surface area contributed by atoms with Crippen LogP contribution in [0, 0.1) is 17.0 Å². The van der Waals surface area contributed by atoms with Crippen LogP contribution in [0.3, 0.4) is 0 Å². The van der Waals surface area contributed by atoms with Gasteiger partial charge in [-0.1, -0.05) is 60.7 Å². The number of nitrogens with zero attached hydrogens (tertiary/aromatic N) is 6. The smallest absolute Gasteiger partial charge is 0.348 e. The molecule has 1 saturated heterocycles. The lowest BCUT2D eigenvalue weighted by Gasteiger charge is -2.40. The molecule has 1 N–H and O–H groups in total. The normalized spacial score (nSPS) is 14.1. The van der Waals surface area contributed by atoms with E-state index in [9.17, 15) is 10.1 Å². The number of hydrogen-bond donors (Lipinski definition) is 1. The average molecular weight is 482 g/mol. The van der Waals surface area contributed by atoms with E-state index in [2.05, 4.69) is 73.7 Å². The quantitative estimate of drug-likeness (QED) is 0.298. The molecule has 9 heteroatoms. The number of piperazine rings is 1. The lowest BCUT2D eigenvalue weighted by Crippen LogP contribution is -2.48. The first kappa shape index (κ1) is 23.4. The summed E-state index contributed by atoms with van der Waals surface area (Å²) in [6.45, 7) is 4.62. The molecule has 2 aromatic carbocycles. The molecule has 4 aromatic rings. The third-order valence-electron chi connectivity index (χ3n) is 6.36. The van der Waals surface area contributed by atoms with Crippen LogP contribution in [0.25, 0.3) is 0 Å². The molecule has 0 unspecified atom stereocenters. The summed E-state index contributed by atoms with van der Waals surface area (Å²) < 4.78 is 0. The maximum atomic E-state index is 12.1. The zero-order valence-corrected chi connectivity index (χ0v) is 20.0. The molecule has 0 amide bonds. The van der Waals surface area contributed by atoms with Crippen molar-refractivity contribution in [1.29, 1.82) is 0 Å². The Labute approximate surface area is 209 Å². The van der Waals surface area contributed by atoms with Gasteiger partial charge in [-0.15, -0.1) is 0 Å². The minimum Gasteiger partial charge on any atom is -0.348 e. The van der Waals surface area contributed by atoms with Gasteiger partial charge in [-0.2, -0.15) is 0 Å². The van der Waals surface area contributed by atoms with Crippen LogP contribution >= 0.6 is 0 Å². The fourth-order valence-corrected chi connectivity index (χ4v) is 4.66. The summed E-state index contributed by atoms with van der Waals surface area (Å²) in [4.78, 5) is 28.8. The van der Waals surface area contributed by atoms with Gasteiger partial charge in [0.25, 0.3) is 0 Å². The van der Waals surface area contributed by atoms with Crippen LogP contribution in [-0.2, 0) is 0 Å². The van der Waals surface area contributed by atoms with Gasteiger partial charge in [-0.3, -0.25) is 15.0 Å². The van der Waals surface area contributed by atoms with Gasteiger partial charge in [-0.05, 0) is 35.7 Å². The predicted octanol–water partition coefficient (Wildman–Crippen LogP) is 4.74. The largest absolute Gasteiger partial charge is 0.353 e. The first-order valence-electron chi connectivity index (χ1n) is 11.9. The predicted molar refractivity (Wildman–Crippen MR) is 139 cm³/mol. The number of nitrogens with one attached hydrogen (secondary N) is 1. The zero-order valence-electron chi connectivity index (χ0n) is 20.0. The first-order valence-corrected chi connectivity index (χ1v) is 11.9. The van der Waals surface area contributed by atoms with E-state index in [-0.39, 0.29) is 17.5 Å². The SMILES string of the molecule is Cc1ccnc(Nc2ncnc(N3CCN(C(c4ccccc4)c4ccccc4)CC3)c2[N+](=O)[O-])c1. The van der Waals surface area contributed by atoms with E-state index >= 15 is 0 Å². The Bertz CT molecular complexity index is 1290. The number of pyridine rings is 1. The number of rotatable bonds is 7. The molecule has 2 aromatic heterocycles. The highest BCUT2D eigenvalue weighted by atomic mass is 16.6. The van der Waals surface area contributed by atoms with E-state index < -0.39 is 4.92 Å². The van der Waals surface area contributed by atoms with Gasteiger partial charge in [0.2, 0.25) is 11.6 Å². The monoisotopic (exact) mass is 481 g/mol. The van der Waals surface area contributed by atoms with Gasteiger partial charge >= 0.3 is 5.69 Å². The van der Waals surface area contributed by atoms with Crippen LogP contribution in [0.1, 0.15) is 22.7 Å². The van der Waals surface area contributed by atoms with Crippen molar-refractivity contribution < 1.29 is 4.92 Å². The molecule has 0 radical (unpaired) electrons. The van der Waals surface area contributed by atoms with E-state index in [1.807, 2.05) is 36.1 Å². The third-order valence-corrected chi connectivity index (χ3v) is 6.36. The second-order valence-electron chi connectivity index (χ2n) is 8.74. The van der Waals surface area contributed by atoms with Crippen LogP contribution < -0.4 is 10.2 Å². The van der Waals surface area contributed by atoms with Gasteiger partial charge in [0.1, 0.15) is 12.1 Å². The third kappa shape index (κ3) is 5.01. The lowest BCUT2D eigenvalue weighted by atomic mass is 9.96. The minimum atomic E-state index is -0.420. The molecule has 1 aliphatic rings. The molecule has 36 heavy (non-hydrogen) atoms. The van der Waals surface area contributed by atoms with Crippen LogP contribution in [0.2, 0.25) is 0 Å². The van der Waals surface area contributed by atoms with Crippen molar-refractivity contribution in [2.75, 3.05) is 36.4 Å². The summed E-state index contributed by atoms with van der Waals surface area (Å²) >= 11 is 0. The van der Waals surface area contributed by atoms with Crippen molar-refractivity contribution in [3.63, 3.8) is 0 Å². The Morgan fingerprint density at radius 3 is 2.11 bits per heavy atom. The van der Waals surface area contributed by atoms with Crippen LogP contribution in [-0.4, -0.2) is 51.0 Å². The Hall–Kier alpha value is -4.37. The summed E-state index contributed by atoms with van der Waals surface area (Å²) in [7, 11) is 0. The topological polar surface area (TPSA) is 100 Å². The number of benzene rings is 2. The Kier molecular flexibility index (Phi) is 6.81. The standard InChI is InChI=1S/C27H27N7O2/c1-20-12-13-28-23(18-20)31-26-25(34(35)36)27(30-19-29-26)33-16-14-32(15-17-33)24(21-8-4-2-5-9-21)22-10-6-3-7-11-22/h2-13,18-19,24H,14-17H2,1H3,(H,28,29,30,31). The molecular weight excluding hydrogens is 454 g/mol. The number of aromatic nitrogens is 3. The Balaban J connectivity index is 1.39. The molecule has 182 valence electrons. The number of hydrogen-bond acceptors (Lipinski definition) is 8. The second kappa shape index (κ2) is 10.5. The number of nitro groups is 1. The lowest BCUT2D eigenvalue weighted by molar-refractivity contribution is -0.383. The Morgan fingerprint density at radius 1 is 0.889 bits per heavy atom. The molecule has 5 rings (SSSR count). The molecule has 1 aliphatic heterocycles. The van der Waals surface area contributed by atoms with Gasteiger partial charge < -0.3 is 10.2 Å².